The summed E-state index contributed by atoms with van der Waals surface area (Å²) < 4.78 is 2.81. The number of hydrogen-bond acceptors (Lipinski definition) is 3. The lowest BCUT2D eigenvalue weighted by atomic mass is 10.1. The molecule has 0 radical (unpaired) electrons. The van der Waals surface area contributed by atoms with Crippen molar-refractivity contribution in [2.75, 3.05) is 11.9 Å². The summed E-state index contributed by atoms with van der Waals surface area (Å²) in [7, 11) is 0. The Morgan fingerprint density at radius 2 is 1.50 bits per heavy atom. The Bertz CT molecular complexity index is 738. The van der Waals surface area contributed by atoms with Crippen LogP contribution in [0.1, 0.15) is 103 Å². The largest absolute Gasteiger partial charge is 0.370 e. The molecule has 0 aliphatic carbocycles. The molecule has 0 amide bonds. The van der Waals surface area contributed by atoms with Crippen LogP contribution in [0.4, 0.5) is 5.82 Å². The van der Waals surface area contributed by atoms with Gasteiger partial charge in [-0.1, -0.05) is 76.9 Å². The number of nitrogens with one attached hydrogen (secondary N) is 1. The Kier molecular flexibility index (Phi) is 12.8. The molecular formula is C25H41BrN4. The lowest BCUT2D eigenvalue weighted by Crippen LogP contribution is -2.08. The van der Waals surface area contributed by atoms with Crippen LogP contribution in [-0.4, -0.2) is 21.1 Å². The van der Waals surface area contributed by atoms with Gasteiger partial charge in [-0.3, -0.25) is 0 Å². The van der Waals surface area contributed by atoms with E-state index in [1.165, 1.54) is 89.9 Å². The molecule has 5 heteroatoms. The molecule has 0 aromatic carbocycles. The minimum atomic E-state index is 0.874. The van der Waals surface area contributed by atoms with E-state index in [9.17, 15) is 0 Å². The molecule has 0 spiro atoms. The second kappa shape index (κ2) is 15.4. The van der Waals surface area contributed by atoms with Gasteiger partial charge in [0, 0.05) is 18.3 Å². The van der Waals surface area contributed by atoms with Crippen LogP contribution in [0.25, 0.3) is 5.65 Å². The Morgan fingerprint density at radius 3 is 2.17 bits per heavy atom. The van der Waals surface area contributed by atoms with E-state index in [1.807, 2.05) is 11.4 Å². The Balaban J connectivity index is 1.43. The van der Waals surface area contributed by atoms with Crippen LogP contribution in [0.2, 0.25) is 0 Å². The maximum Gasteiger partial charge on any atom is 0.171 e. The van der Waals surface area contributed by atoms with Gasteiger partial charge in [0.1, 0.15) is 5.82 Å². The lowest BCUT2D eigenvalue weighted by Gasteiger charge is -2.09. The van der Waals surface area contributed by atoms with Gasteiger partial charge < -0.3 is 5.32 Å². The summed E-state index contributed by atoms with van der Waals surface area (Å²) in [4.78, 5) is 4.53. The molecule has 2 rings (SSSR count). The third-order valence-corrected chi connectivity index (χ3v) is 6.11. The molecule has 1 N–H and O–H groups in total. The molecule has 0 aliphatic heterocycles. The van der Waals surface area contributed by atoms with Gasteiger partial charge in [-0.25, -0.2) is 4.98 Å². The van der Waals surface area contributed by atoms with Gasteiger partial charge in [-0.15, -0.1) is 0 Å². The number of hydrogen-bond donors (Lipinski definition) is 1. The van der Waals surface area contributed by atoms with Crippen molar-refractivity contribution in [3.8, 4) is 0 Å². The minimum Gasteiger partial charge on any atom is -0.370 e. The molecule has 0 bridgehead atoms. The zero-order chi connectivity index (χ0) is 21.4. The van der Waals surface area contributed by atoms with Crippen LogP contribution < -0.4 is 5.32 Å². The normalized spacial score (nSPS) is 11.7. The molecule has 2 heterocycles. The van der Waals surface area contributed by atoms with Crippen molar-refractivity contribution >= 4 is 27.4 Å². The summed E-state index contributed by atoms with van der Waals surface area (Å²) in [6.07, 6.45) is 25.4. The van der Waals surface area contributed by atoms with Gasteiger partial charge in [0.25, 0.3) is 0 Å². The monoisotopic (exact) mass is 476 g/mol. The zero-order valence-corrected chi connectivity index (χ0v) is 20.7. The minimum absolute atomic E-state index is 0.874. The van der Waals surface area contributed by atoms with Crippen molar-refractivity contribution in [3.63, 3.8) is 0 Å². The Labute approximate surface area is 192 Å². The predicted molar refractivity (Wildman–Crippen MR) is 133 cm³/mol. The highest BCUT2D eigenvalue weighted by atomic mass is 79.9. The van der Waals surface area contributed by atoms with Crippen LogP contribution in [0.15, 0.2) is 28.9 Å². The average Bonchev–Trinajstić information content (AvgIpc) is 3.11. The van der Waals surface area contributed by atoms with E-state index in [2.05, 4.69) is 56.5 Å². The second-order valence-electron chi connectivity index (χ2n) is 8.38. The maximum atomic E-state index is 4.53. The summed E-state index contributed by atoms with van der Waals surface area (Å²) >= 11 is 3.51. The van der Waals surface area contributed by atoms with E-state index < -0.39 is 0 Å². The lowest BCUT2D eigenvalue weighted by molar-refractivity contribution is 0.602. The highest BCUT2D eigenvalue weighted by Crippen LogP contribution is 2.20. The maximum absolute atomic E-state index is 4.53. The van der Waals surface area contributed by atoms with Crippen molar-refractivity contribution in [2.45, 2.75) is 104 Å². The number of nitrogens with zero attached hydrogens (tertiary/aromatic N) is 3. The van der Waals surface area contributed by atoms with Gasteiger partial charge >= 0.3 is 0 Å². The molecule has 0 fully saturated rings. The first-order valence-electron chi connectivity index (χ1n) is 12.1. The standard InChI is InChI=1S/C25H41BrN4/c1-3-4-5-6-7-8-9-10-11-12-13-14-15-16-17-18-19-27-24-20-22(2)29-25-23(26)21-28-30(24)25/h10-11,20-21,27H,3-9,12-19H2,1-2H3/b11-10-. The van der Waals surface area contributed by atoms with E-state index in [1.54, 1.807) is 6.20 Å². The van der Waals surface area contributed by atoms with E-state index in [-0.39, 0.29) is 0 Å². The number of allylic oxidation sites excluding steroid dienone is 2. The Morgan fingerprint density at radius 1 is 0.900 bits per heavy atom. The molecule has 0 atom stereocenters. The molecule has 0 saturated carbocycles. The van der Waals surface area contributed by atoms with Crippen LogP contribution in [0.3, 0.4) is 0 Å². The van der Waals surface area contributed by atoms with Crippen molar-refractivity contribution < 1.29 is 0 Å². The van der Waals surface area contributed by atoms with Gasteiger partial charge in [-0.05, 0) is 55.0 Å². The van der Waals surface area contributed by atoms with Crippen molar-refractivity contribution in [1.82, 2.24) is 14.6 Å². The fourth-order valence-corrected chi connectivity index (χ4v) is 4.12. The van der Waals surface area contributed by atoms with Gasteiger partial charge in [0.05, 0.1) is 10.7 Å². The molecule has 0 saturated heterocycles. The van der Waals surface area contributed by atoms with Crippen molar-refractivity contribution in [3.05, 3.63) is 34.6 Å². The van der Waals surface area contributed by atoms with E-state index in [4.69, 9.17) is 0 Å². The molecule has 168 valence electrons. The first-order valence-corrected chi connectivity index (χ1v) is 12.9. The molecule has 0 unspecified atom stereocenters. The number of rotatable bonds is 17. The summed E-state index contributed by atoms with van der Waals surface area (Å²) in [5, 5.41) is 7.92. The Hall–Kier alpha value is -1.36. The SMILES string of the molecule is CCCCCCCC/C=C\CCCCCCCCNc1cc(C)nc2c(Br)cnn12. The highest BCUT2D eigenvalue weighted by molar-refractivity contribution is 9.10. The fraction of sp³-hybridized carbons (Fsp3) is 0.680. The van der Waals surface area contributed by atoms with Crippen molar-refractivity contribution in [2.24, 2.45) is 0 Å². The second-order valence-corrected chi connectivity index (χ2v) is 9.23. The number of unbranched alkanes of at least 4 members (excludes halogenated alkanes) is 12. The van der Waals surface area contributed by atoms with E-state index in [0.29, 0.717) is 0 Å². The molecule has 0 aliphatic rings. The van der Waals surface area contributed by atoms with Crippen molar-refractivity contribution in [1.29, 1.82) is 0 Å². The third-order valence-electron chi connectivity index (χ3n) is 5.55. The summed E-state index contributed by atoms with van der Waals surface area (Å²) in [6.45, 7) is 5.29. The van der Waals surface area contributed by atoms with Gasteiger partial charge in [-0.2, -0.15) is 9.61 Å². The smallest absolute Gasteiger partial charge is 0.171 e. The molecule has 2 aromatic rings. The van der Waals surface area contributed by atoms with Crippen LogP contribution in [-0.2, 0) is 0 Å². The zero-order valence-electron chi connectivity index (χ0n) is 19.1. The number of aryl methyl sites for hydroxylation is 1. The number of aromatic nitrogens is 3. The topological polar surface area (TPSA) is 42.2 Å². The van der Waals surface area contributed by atoms with Crippen LogP contribution >= 0.6 is 15.9 Å². The molecule has 4 nitrogen and oxygen atoms in total. The number of anilines is 1. The summed E-state index contributed by atoms with van der Waals surface area (Å²) in [5.41, 5.74) is 1.88. The van der Waals surface area contributed by atoms with Crippen LogP contribution in [0.5, 0.6) is 0 Å². The molecule has 30 heavy (non-hydrogen) atoms. The predicted octanol–water partition coefficient (Wildman–Crippen LogP) is 8.25. The number of halogens is 1. The van der Waals surface area contributed by atoms with E-state index >= 15 is 0 Å². The third kappa shape index (κ3) is 9.63. The van der Waals surface area contributed by atoms with Gasteiger partial charge in [0.2, 0.25) is 0 Å². The van der Waals surface area contributed by atoms with Crippen LogP contribution in [0, 0.1) is 6.92 Å². The van der Waals surface area contributed by atoms with E-state index in [0.717, 1.165) is 28.2 Å². The quantitative estimate of drug-likeness (QED) is 0.184. The fourth-order valence-electron chi connectivity index (χ4n) is 3.77. The summed E-state index contributed by atoms with van der Waals surface area (Å²) in [6, 6.07) is 2.06. The van der Waals surface area contributed by atoms with Gasteiger partial charge in [0.15, 0.2) is 5.65 Å². The number of fused-ring (bicyclic) bond motifs is 1. The molecule has 2 aromatic heterocycles. The average molecular weight is 478 g/mol. The highest BCUT2D eigenvalue weighted by Gasteiger charge is 2.07. The first kappa shape index (κ1) is 24.9. The first-order chi connectivity index (χ1) is 14.7. The summed E-state index contributed by atoms with van der Waals surface area (Å²) in [5.74, 6) is 1.02. The molecular weight excluding hydrogens is 436 g/mol.